The van der Waals surface area contributed by atoms with Gasteiger partial charge in [0.1, 0.15) is 0 Å². The number of anilines is 1. The van der Waals surface area contributed by atoms with Gasteiger partial charge >= 0.3 is 0 Å². The topological polar surface area (TPSA) is 12.0 Å². The summed E-state index contributed by atoms with van der Waals surface area (Å²) in [6.45, 7) is 1.56. The van der Waals surface area contributed by atoms with Crippen LogP contribution in [0.3, 0.4) is 0 Å². The molecular formula is C9H10BrF2N. The predicted molar refractivity (Wildman–Crippen MR) is 53.4 cm³/mol. The third-order valence-electron chi connectivity index (χ3n) is 1.71. The molecule has 0 spiro atoms. The van der Waals surface area contributed by atoms with Gasteiger partial charge in [0.05, 0.1) is 6.54 Å². The summed E-state index contributed by atoms with van der Waals surface area (Å²) in [6, 6.07) is 5.47. The molecule has 1 aromatic carbocycles. The van der Waals surface area contributed by atoms with Crippen LogP contribution in [0.25, 0.3) is 0 Å². The van der Waals surface area contributed by atoms with Crippen molar-refractivity contribution in [3.05, 3.63) is 28.2 Å². The van der Waals surface area contributed by atoms with Gasteiger partial charge < -0.3 is 5.32 Å². The molecule has 0 heterocycles. The Morgan fingerprint density at radius 1 is 1.46 bits per heavy atom. The number of nitrogens with one attached hydrogen (secondary N) is 1. The molecule has 0 bridgehead atoms. The summed E-state index contributed by atoms with van der Waals surface area (Å²) < 4.78 is 24.7. The smallest absolute Gasteiger partial charge is 0.255 e. The molecule has 0 aliphatic carbocycles. The average molecular weight is 250 g/mol. The Hall–Kier alpha value is -0.640. The van der Waals surface area contributed by atoms with Crippen molar-refractivity contribution in [1.29, 1.82) is 0 Å². The van der Waals surface area contributed by atoms with E-state index in [0.717, 1.165) is 15.7 Å². The van der Waals surface area contributed by atoms with Crippen molar-refractivity contribution >= 4 is 21.6 Å². The molecule has 13 heavy (non-hydrogen) atoms. The first-order valence-corrected chi connectivity index (χ1v) is 4.67. The molecular weight excluding hydrogens is 240 g/mol. The number of hydrogen-bond donors (Lipinski definition) is 1. The van der Waals surface area contributed by atoms with Gasteiger partial charge in [0.15, 0.2) is 0 Å². The Morgan fingerprint density at radius 2 is 2.15 bits per heavy atom. The molecule has 1 aromatic rings. The Balaban J connectivity index is 2.71. The fourth-order valence-corrected chi connectivity index (χ4v) is 1.35. The highest BCUT2D eigenvalue weighted by Gasteiger charge is 2.04. The lowest BCUT2D eigenvalue weighted by molar-refractivity contribution is 0.163. The highest BCUT2D eigenvalue weighted by molar-refractivity contribution is 9.10. The third kappa shape index (κ3) is 2.95. The molecule has 1 N–H and O–H groups in total. The van der Waals surface area contributed by atoms with Crippen molar-refractivity contribution in [2.24, 2.45) is 0 Å². The van der Waals surface area contributed by atoms with Gasteiger partial charge in [-0.1, -0.05) is 22.0 Å². The molecule has 1 rings (SSSR count). The molecule has 0 saturated heterocycles. The van der Waals surface area contributed by atoms with E-state index in [1.165, 1.54) is 0 Å². The largest absolute Gasteiger partial charge is 0.379 e. The van der Waals surface area contributed by atoms with Gasteiger partial charge in [-0.15, -0.1) is 0 Å². The van der Waals surface area contributed by atoms with E-state index in [-0.39, 0.29) is 6.54 Å². The number of rotatable bonds is 3. The molecule has 0 aromatic heterocycles. The minimum atomic E-state index is -2.32. The second kappa shape index (κ2) is 4.56. The van der Waals surface area contributed by atoms with E-state index in [1.807, 2.05) is 19.1 Å². The summed E-state index contributed by atoms with van der Waals surface area (Å²) in [4.78, 5) is 0. The van der Waals surface area contributed by atoms with Crippen molar-refractivity contribution in [2.75, 3.05) is 11.9 Å². The lowest BCUT2D eigenvalue weighted by atomic mass is 10.2. The van der Waals surface area contributed by atoms with Gasteiger partial charge in [-0.3, -0.25) is 0 Å². The van der Waals surface area contributed by atoms with Crippen LogP contribution in [0, 0.1) is 6.92 Å². The fourth-order valence-electron chi connectivity index (χ4n) is 0.986. The first-order chi connectivity index (χ1) is 6.11. The van der Waals surface area contributed by atoms with Crippen LogP contribution in [0.1, 0.15) is 5.56 Å². The molecule has 0 atom stereocenters. The quantitative estimate of drug-likeness (QED) is 0.866. The zero-order chi connectivity index (χ0) is 9.84. The monoisotopic (exact) mass is 249 g/mol. The van der Waals surface area contributed by atoms with Gasteiger partial charge in [0.25, 0.3) is 6.43 Å². The van der Waals surface area contributed by atoms with Crippen LogP contribution in [-0.2, 0) is 0 Å². The number of alkyl halides is 2. The minimum Gasteiger partial charge on any atom is -0.379 e. The van der Waals surface area contributed by atoms with Crippen LogP contribution in [0.2, 0.25) is 0 Å². The van der Waals surface area contributed by atoms with E-state index >= 15 is 0 Å². The standard InChI is InChI=1S/C9H10BrF2N/c1-6-7(10)3-2-4-8(6)13-5-9(11)12/h2-4,9,13H,5H2,1H3. The molecule has 0 aliphatic rings. The van der Waals surface area contributed by atoms with Crippen LogP contribution in [0.15, 0.2) is 22.7 Å². The minimum absolute atomic E-state index is 0.308. The van der Waals surface area contributed by atoms with E-state index < -0.39 is 6.43 Å². The van der Waals surface area contributed by atoms with Crippen LogP contribution >= 0.6 is 15.9 Å². The number of halogens is 3. The van der Waals surface area contributed by atoms with Crippen LogP contribution < -0.4 is 5.32 Å². The van der Waals surface area contributed by atoms with Crippen LogP contribution in [0.5, 0.6) is 0 Å². The summed E-state index contributed by atoms with van der Waals surface area (Å²) in [5, 5.41) is 2.67. The Kier molecular flexibility index (Phi) is 3.66. The Morgan fingerprint density at radius 3 is 2.77 bits per heavy atom. The lowest BCUT2D eigenvalue weighted by Crippen LogP contribution is -2.10. The normalized spacial score (nSPS) is 10.5. The zero-order valence-corrected chi connectivity index (χ0v) is 8.74. The number of benzene rings is 1. The molecule has 0 radical (unpaired) electrons. The summed E-state index contributed by atoms with van der Waals surface area (Å²) in [7, 11) is 0. The molecule has 4 heteroatoms. The maximum atomic E-state index is 11.9. The van der Waals surface area contributed by atoms with E-state index in [4.69, 9.17) is 0 Å². The highest BCUT2D eigenvalue weighted by atomic mass is 79.9. The molecule has 0 saturated carbocycles. The van der Waals surface area contributed by atoms with Gasteiger partial charge in [0.2, 0.25) is 0 Å². The zero-order valence-electron chi connectivity index (χ0n) is 7.15. The average Bonchev–Trinajstić information content (AvgIpc) is 2.07. The summed E-state index contributed by atoms with van der Waals surface area (Å²) in [6.07, 6.45) is -2.32. The SMILES string of the molecule is Cc1c(Br)cccc1NCC(F)F. The summed E-state index contributed by atoms with van der Waals surface area (Å²) in [5.41, 5.74) is 1.69. The van der Waals surface area contributed by atoms with E-state index in [9.17, 15) is 8.78 Å². The first kappa shape index (κ1) is 10.4. The van der Waals surface area contributed by atoms with Crippen molar-refractivity contribution in [3.8, 4) is 0 Å². The van der Waals surface area contributed by atoms with E-state index in [1.54, 1.807) is 6.07 Å². The van der Waals surface area contributed by atoms with Crippen molar-refractivity contribution in [1.82, 2.24) is 0 Å². The molecule has 0 fully saturated rings. The summed E-state index contributed by atoms with van der Waals surface area (Å²) >= 11 is 3.33. The maximum Gasteiger partial charge on any atom is 0.255 e. The van der Waals surface area contributed by atoms with Crippen molar-refractivity contribution < 1.29 is 8.78 Å². The number of hydrogen-bond acceptors (Lipinski definition) is 1. The summed E-state index contributed by atoms with van der Waals surface area (Å²) in [5.74, 6) is 0. The van der Waals surface area contributed by atoms with Crippen molar-refractivity contribution in [3.63, 3.8) is 0 Å². The second-order valence-electron chi connectivity index (χ2n) is 2.68. The molecule has 0 aliphatic heterocycles. The highest BCUT2D eigenvalue weighted by Crippen LogP contribution is 2.23. The lowest BCUT2D eigenvalue weighted by Gasteiger charge is -2.09. The van der Waals surface area contributed by atoms with Crippen LogP contribution in [0.4, 0.5) is 14.5 Å². The van der Waals surface area contributed by atoms with Gasteiger partial charge in [-0.2, -0.15) is 0 Å². The van der Waals surface area contributed by atoms with E-state index in [2.05, 4.69) is 21.2 Å². The Labute approximate surface area is 84.3 Å². The van der Waals surface area contributed by atoms with E-state index in [0.29, 0.717) is 0 Å². The van der Waals surface area contributed by atoms with Gasteiger partial charge in [-0.05, 0) is 24.6 Å². The predicted octanol–water partition coefficient (Wildman–Crippen LogP) is 3.43. The van der Waals surface area contributed by atoms with Gasteiger partial charge in [0, 0.05) is 10.2 Å². The third-order valence-corrected chi connectivity index (χ3v) is 2.57. The fraction of sp³-hybridized carbons (Fsp3) is 0.333. The molecule has 0 unspecified atom stereocenters. The van der Waals surface area contributed by atoms with Gasteiger partial charge in [-0.25, -0.2) is 8.78 Å². The molecule has 1 nitrogen and oxygen atoms in total. The maximum absolute atomic E-state index is 11.9. The Bertz CT molecular complexity index is 289. The molecule has 72 valence electrons. The molecule has 0 amide bonds. The van der Waals surface area contributed by atoms with Crippen LogP contribution in [-0.4, -0.2) is 13.0 Å². The second-order valence-corrected chi connectivity index (χ2v) is 3.54. The van der Waals surface area contributed by atoms with Crippen molar-refractivity contribution in [2.45, 2.75) is 13.3 Å². The first-order valence-electron chi connectivity index (χ1n) is 3.88.